The topological polar surface area (TPSA) is 0 Å². The molecule has 0 aliphatic carbocycles. The molecule has 0 saturated carbocycles. The monoisotopic (exact) mass is 290 g/mol. The van der Waals surface area contributed by atoms with Gasteiger partial charge in [-0.15, -0.1) is 22.4 Å². The van der Waals surface area contributed by atoms with E-state index < -0.39 is 4.85 Å². The molecule has 1 rings (SSSR count). The largest absolute Gasteiger partial charge is 0.419 e. The zero-order valence-corrected chi connectivity index (χ0v) is 9.87. The Morgan fingerprint density at radius 3 is 2.46 bits per heavy atom. The first-order valence-electron chi connectivity index (χ1n) is 4.56. The molecular formula is C10H13BFI. The quantitative estimate of drug-likeness (QED) is 0.582. The zero-order chi connectivity index (χ0) is 9.68. The van der Waals surface area contributed by atoms with Gasteiger partial charge in [0.05, 0.1) is 0 Å². The van der Waals surface area contributed by atoms with E-state index in [0.717, 1.165) is 12.8 Å². The van der Waals surface area contributed by atoms with Crippen LogP contribution in [0.5, 0.6) is 0 Å². The van der Waals surface area contributed by atoms with Crippen molar-refractivity contribution in [3.63, 3.8) is 0 Å². The maximum absolute atomic E-state index is 13.0. The first kappa shape index (κ1) is 11.0. The Balaban J connectivity index is 2.57. The molecule has 0 amide bonds. The van der Waals surface area contributed by atoms with E-state index in [0.29, 0.717) is 0 Å². The van der Waals surface area contributed by atoms with Crippen molar-refractivity contribution in [1.29, 1.82) is 0 Å². The minimum Gasteiger partial charge on any atom is -0.320 e. The van der Waals surface area contributed by atoms with E-state index in [-0.39, 0.29) is 5.82 Å². The molecule has 0 aliphatic heterocycles. The van der Waals surface area contributed by atoms with E-state index in [2.05, 4.69) is 12.1 Å². The highest BCUT2D eigenvalue weighted by Gasteiger charge is 2.21. The molecule has 3 heteroatoms. The summed E-state index contributed by atoms with van der Waals surface area (Å²) in [4.78, 5) is -0.734. The first-order valence-corrected chi connectivity index (χ1v) is 5.80. The summed E-state index contributed by atoms with van der Waals surface area (Å²) in [6.07, 6.45) is 1.75. The standard InChI is InChI=1S/C10H13BFI/c1-2-10(11(12)13)8-9-6-4-3-5-7-9/h3-7,10H,2,8H2,1H3. The van der Waals surface area contributed by atoms with Gasteiger partial charge in [0.1, 0.15) is 0 Å². The molecule has 0 N–H and O–H groups in total. The van der Waals surface area contributed by atoms with E-state index in [9.17, 15) is 4.32 Å². The highest BCUT2D eigenvalue weighted by atomic mass is 127. The fraction of sp³-hybridized carbons (Fsp3) is 0.400. The van der Waals surface area contributed by atoms with Gasteiger partial charge in [-0.2, -0.15) is 0 Å². The molecule has 0 bridgehead atoms. The SMILES string of the molecule is CCC(Cc1ccccc1)B(F)I. The van der Waals surface area contributed by atoms with Crippen molar-refractivity contribution < 1.29 is 4.32 Å². The van der Waals surface area contributed by atoms with Crippen molar-refractivity contribution in [3.8, 4) is 0 Å². The molecule has 70 valence electrons. The van der Waals surface area contributed by atoms with E-state index in [1.54, 1.807) is 0 Å². The molecule has 1 aromatic rings. The third kappa shape index (κ3) is 3.67. The normalized spacial score (nSPS) is 12.5. The van der Waals surface area contributed by atoms with Gasteiger partial charge in [0.15, 0.2) is 0 Å². The van der Waals surface area contributed by atoms with Crippen LogP contribution in [0.2, 0.25) is 5.82 Å². The van der Waals surface area contributed by atoms with Crippen LogP contribution in [0.3, 0.4) is 0 Å². The van der Waals surface area contributed by atoms with E-state index in [1.165, 1.54) is 5.56 Å². The smallest absolute Gasteiger partial charge is 0.320 e. The number of benzene rings is 1. The second-order valence-corrected chi connectivity index (χ2v) is 4.38. The van der Waals surface area contributed by atoms with Crippen molar-refractivity contribution >= 4 is 27.2 Å². The summed E-state index contributed by atoms with van der Waals surface area (Å²) < 4.78 is 13.0. The first-order chi connectivity index (χ1) is 6.24. The maximum atomic E-state index is 13.0. The molecule has 1 aromatic carbocycles. The Bertz CT molecular complexity index is 238. The molecule has 13 heavy (non-hydrogen) atoms. The predicted molar refractivity (Wildman–Crippen MR) is 65.1 cm³/mol. The fourth-order valence-electron chi connectivity index (χ4n) is 1.33. The second kappa shape index (κ2) is 5.63. The molecule has 0 fully saturated rings. The van der Waals surface area contributed by atoms with Gasteiger partial charge in [-0.25, -0.2) is 0 Å². The Hall–Kier alpha value is -0.0551. The summed E-state index contributed by atoms with van der Waals surface area (Å²) in [5, 5.41) is 0. The number of hydrogen-bond donors (Lipinski definition) is 0. The third-order valence-electron chi connectivity index (χ3n) is 2.22. The summed E-state index contributed by atoms with van der Waals surface area (Å²) in [5.41, 5.74) is 1.23. The molecular weight excluding hydrogens is 277 g/mol. The lowest BCUT2D eigenvalue weighted by Crippen LogP contribution is -2.09. The zero-order valence-electron chi connectivity index (χ0n) is 7.71. The van der Waals surface area contributed by atoms with Crippen LogP contribution in [0, 0.1) is 0 Å². The van der Waals surface area contributed by atoms with Crippen LogP contribution in [0.25, 0.3) is 0 Å². The Kier molecular flexibility index (Phi) is 4.77. The summed E-state index contributed by atoms with van der Waals surface area (Å²) >= 11 is 1.86. The summed E-state index contributed by atoms with van der Waals surface area (Å²) in [6.45, 7) is 2.04. The molecule has 1 atom stereocenters. The summed E-state index contributed by atoms with van der Waals surface area (Å²) in [5.74, 6) is 0.156. The summed E-state index contributed by atoms with van der Waals surface area (Å²) in [6, 6.07) is 10.1. The van der Waals surface area contributed by atoms with Crippen molar-refractivity contribution in [3.05, 3.63) is 35.9 Å². The highest BCUT2D eigenvalue weighted by Crippen LogP contribution is 2.25. The second-order valence-electron chi connectivity index (χ2n) is 3.19. The molecule has 0 aromatic heterocycles. The predicted octanol–water partition coefficient (Wildman–Crippen LogP) is 3.90. The van der Waals surface area contributed by atoms with Crippen LogP contribution >= 0.6 is 22.4 Å². The molecule has 0 nitrogen and oxygen atoms in total. The maximum Gasteiger partial charge on any atom is 0.419 e. The van der Waals surface area contributed by atoms with E-state index in [1.807, 2.05) is 47.5 Å². The van der Waals surface area contributed by atoms with Crippen molar-refractivity contribution in [2.24, 2.45) is 0 Å². The van der Waals surface area contributed by atoms with Crippen molar-refractivity contribution in [1.82, 2.24) is 0 Å². The number of rotatable bonds is 4. The van der Waals surface area contributed by atoms with Gasteiger partial charge in [0.25, 0.3) is 0 Å². The minimum atomic E-state index is -0.734. The van der Waals surface area contributed by atoms with Gasteiger partial charge in [0, 0.05) is 0 Å². The molecule has 1 unspecified atom stereocenters. The number of hydrogen-bond acceptors (Lipinski definition) is 0. The van der Waals surface area contributed by atoms with Gasteiger partial charge >= 0.3 is 4.85 Å². The van der Waals surface area contributed by atoms with Crippen LogP contribution < -0.4 is 0 Å². The van der Waals surface area contributed by atoms with Crippen LogP contribution in [0.4, 0.5) is 4.32 Å². The van der Waals surface area contributed by atoms with Crippen molar-refractivity contribution in [2.75, 3.05) is 0 Å². The van der Waals surface area contributed by atoms with Gasteiger partial charge in [-0.1, -0.05) is 43.7 Å². The average Bonchev–Trinajstić information content (AvgIpc) is 2.15. The average molecular weight is 290 g/mol. The van der Waals surface area contributed by atoms with Gasteiger partial charge in [0.2, 0.25) is 0 Å². The minimum absolute atomic E-state index is 0.156. The Labute approximate surface area is 92.9 Å². The Morgan fingerprint density at radius 2 is 2.00 bits per heavy atom. The molecule has 0 heterocycles. The van der Waals surface area contributed by atoms with Gasteiger partial charge in [-0.3, -0.25) is 0 Å². The van der Waals surface area contributed by atoms with Crippen molar-refractivity contribution in [2.45, 2.75) is 25.6 Å². The lowest BCUT2D eigenvalue weighted by atomic mass is 9.76. The van der Waals surface area contributed by atoms with Crippen LogP contribution in [0.1, 0.15) is 18.9 Å². The van der Waals surface area contributed by atoms with Gasteiger partial charge < -0.3 is 4.32 Å². The van der Waals surface area contributed by atoms with Crippen LogP contribution in [-0.4, -0.2) is 4.85 Å². The number of halogens is 2. The van der Waals surface area contributed by atoms with E-state index >= 15 is 0 Å². The molecule has 0 spiro atoms. The lowest BCUT2D eigenvalue weighted by molar-refractivity contribution is 0.714. The third-order valence-corrected chi connectivity index (χ3v) is 3.24. The molecule has 0 radical (unpaired) electrons. The summed E-state index contributed by atoms with van der Waals surface area (Å²) in [7, 11) is 0. The van der Waals surface area contributed by atoms with E-state index in [4.69, 9.17) is 0 Å². The highest BCUT2D eigenvalue weighted by molar-refractivity contribution is 14.1. The van der Waals surface area contributed by atoms with Crippen LogP contribution in [-0.2, 0) is 6.42 Å². The molecule has 0 aliphatic rings. The molecule has 0 saturated heterocycles. The Morgan fingerprint density at radius 1 is 1.38 bits per heavy atom. The van der Waals surface area contributed by atoms with Crippen LogP contribution in [0.15, 0.2) is 30.3 Å². The van der Waals surface area contributed by atoms with Gasteiger partial charge in [-0.05, 0) is 17.8 Å². The lowest BCUT2D eigenvalue weighted by Gasteiger charge is -2.11. The fourth-order valence-corrected chi connectivity index (χ4v) is 2.09.